The molecule has 0 spiro atoms. The van der Waals surface area contributed by atoms with Crippen molar-refractivity contribution in [2.24, 2.45) is 0 Å². The van der Waals surface area contributed by atoms with Crippen LogP contribution >= 0.6 is 0 Å². The van der Waals surface area contributed by atoms with Gasteiger partial charge in [0.05, 0.1) is 0 Å². The van der Waals surface area contributed by atoms with Crippen molar-refractivity contribution in [3.63, 3.8) is 0 Å². The molecule has 0 unspecified atom stereocenters. The van der Waals surface area contributed by atoms with Gasteiger partial charge in [0.1, 0.15) is 5.82 Å². The largest absolute Gasteiger partial charge is 0.369 e. The summed E-state index contributed by atoms with van der Waals surface area (Å²) in [6.07, 6.45) is 4.52. The minimum absolute atomic E-state index is 0.661. The minimum atomic E-state index is 0.661. The van der Waals surface area contributed by atoms with Gasteiger partial charge in [0.25, 0.3) is 0 Å². The molecule has 2 rings (SSSR count). The van der Waals surface area contributed by atoms with Gasteiger partial charge < -0.3 is 10.6 Å². The second kappa shape index (κ2) is 6.68. The van der Waals surface area contributed by atoms with E-state index in [2.05, 4.69) is 25.6 Å². The molecule has 0 radical (unpaired) electrons. The van der Waals surface area contributed by atoms with Crippen LogP contribution in [0.5, 0.6) is 0 Å². The average molecular weight is 257 g/mol. The molecule has 0 fully saturated rings. The summed E-state index contributed by atoms with van der Waals surface area (Å²) >= 11 is 0. The van der Waals surface area contributed by atoms with E-state index < -0.39 is 0 Å². The number of aryl methyl sites for hydroxylation is 1. The predicted molar refractivity (Wildman–Crippen MR) is 77.4 cm³/mol. The summed E-state index contributed by atoms with van der Waals surface area (Å²) in [4.78, 5) is 13.0. The molecule has 2 N–H and O–H groups in total. The quantitative estimate of drug-likeness (QED) is 0.831. The number of pyridine rings is 1. The molecule has 2 aromatic rings. The van der Waals surface area contributed by atoms with E-state index >= 15 is 0 Å². The van der Waals surface area contributed by atoms with Crippen molar-refractivity contribution in [2.75, 3.05) is 23.7 Å². The molecular weight excluding hydrogens is 238 g/mol. The topological polar surface area (TPSA) is 62.7 Å². The van der Waals surface area contributed by atoms with Crippen molar-refractivity contribution in [1.82, 2.24) is 15.0 Å². The predicted octanol–water partition coefficient (Wildman–Crippen LogP) is 2.27. The molecular formula is C14H19N5. The third-order valence-electron chi connectivity index (χ3n) is 2.71. The van der Waals surface area contributed by atoms with Crippen molar-refractivity contribution in [1.29, 1.82) is 0 Å². The Kier molecular flexibility index (Phi) is 4.66. The summed E-state index contributed by atoms with van der Waals surface area (Å²) in [5, 5.41) is 6.44. The maximum absolute atomic E-state index is 4.44. The molecule has 5 heteroatoms. The molecule has 0 aliphatic rings. The maximum atomic E-state index is 4.44. The highest BCUT2D eigenvalue weighted by atomic mass is 15.1. The minimum Gasteiger partial charge on any atom is -0.369 e. The first-order valence-electron chi connectivity index (χ1n) is 6.51. The van der Waals surface area contributed by atoms with Crippen LogP contribution in [0.4, 0.5) is 11.8 Å². The van der Waals surface area contributed by atoms with Gasteiger partial charge in [-0.2, -0.15) is 4.98 Å². The van der Waals surface area contributed by atoms with Gasteiger partial charge in [0.15, 0.2) is 0 Å². The van der Waals surface area contributed by atoms with Gasteiger partial charge in [-0.15, -0.1) is 0 Å². The van der Waals surface area contributed by atoms with E-state index in [1.807, 2.05) is 44.4 Å². The van der Waals surface area contributed by atoms with Gasteiger partial charge in [-0.3, -0.25) is 4.98 Å². The van der Waals surface area contributed by atoms with Gasteiger partial charge in [-0.1, -0.05) is 6.07 Å². The van der Waals surface area contributed by atoms with E-state index in [0.717, 1.165) is 36.6 Å². The first-order chi connectivity index (χ1) is 9.29. The van der Waals surface area contributed by atoms with Crippen LogP contribution in [0.3, 0.4) is 0 Å². The number of anilines is 2. The summed E-state index contributed by atoms with van der Waals surface area (Å²) in [5.74, 6) is 1.54. The van der Waals surface area contributed by atoms with E-state index in [1.165, 1.54) is 0 Å². The van der Waals surface area contributed by atoms with Crippen LogP contribution in [0.2, 0.25) is 0 Å². The van der Waals surface area contributed by atoms with Gasteiger partial charge in [-0.25, -0.2) is 4.98 Å². The van der Waals surface area contributed by atoms with Crippen LogP contribution in [0, 0.1) is 6.92 Å². The van der Waals surface area contributed by atoms with E-state index in [-0.39, 0.29) is 0 Å². The third kappa shape index (κ3) is 3.91. The van der Waals surface area contributed by atoms with E-state index in [4.69, 9.17) is 0 Å². The zero-order valence-corrected chi connectivity index (χ0v) is 11.3. The Bertz CT molecular complexity index is 512. The molecule has 0 aliphatic carbocycles. The summed E-state index contributed by atoms with van der Waals surface area (Å²) in [5.41, 5.74) is 2.12. The lowest BCUT2D eigenvalue weighted by atomic mass is 10.2. The fourth-order valence-corrected chi connectivity index (χ4v) is 1.72. The molecule has 0 aromatic carbocycles. The second-order valence-corrected chi connectivity index (χ2v) is 4.25. The Morgan fingerprint density at radius 2 is 2.05 bits per heavy atom. The van der Waals surface area contributed by atoms with Gasteiger partial charge in [-0.05, 0) is 26.0 Å². The Balaban J connectivity index is 1.93. The van der Waals surface area contributed by atoms with Gasteiger partial charge in [0.2, 0.25) is 5.95 Å². The van der Waals surface area contributed by atoms with Crippen LogP contribution in [-0.2, 0) is 6.42 Å². The molecule has 2 aromatic heterocycles. The highest BCUT2D eigenvalue weighted by Gasteiger charge is 2.02. The smallest absolute Gasteiger partial charge is 0.224 e. The first kappa shape index (κ1) is 13.3. The van der Waals surface area contributed by atoms with Crippen molar-refractivity contribution in [2.45, 2.75) is 20.3 Å². The normalized spacial score (nSPS) is 10.2. The lowest BCUT2D eigenvalue weighted by molar-refractivity contribution is 0.945. The first-order valence-corrected chi connectivity index (χ1v) is 6.51. The molecule has 0 bridgehead atoms. The molecule has 0 saturated heterocycles. The Morgan fingerprint density at radius 3 is 2.79 bits per heavy atom. The van der Waals surface area contributed by atoms with Crippen LogP contribution < -0.4 is 10.6 Å². The van der Waals surface area contributed by atoms with Crippen molar-refractivity contribution >= 4 is 11.8 Å². The van der Waals surface area contributed by atoms with E-state index in [9.17, 15) is 0 Å². The monoisotopic (exact) mass is 257 g/mol. The molecule has 19 heavy (non-hydrogen) atoms. The maximum Gasteiger partial charge on any atom is 0.224 e. The van der Waals surface area contributed by atoms with E-state index in [0.29, 0.717) is 5.95 Å². The van der Waals surface area contributed by atoms with Gasteiger partial charge >= 0.3 is 0 Å². The summed E-state index contributed by atoms with van der Waals surface area (Å²) in [6.45, 7) is 5.65. The molecule has 2 heterocycles. The zero-order valence-electron chi connectivity index (χ0n) is 11.3. The van der Waals surface area contributed by atoms with Crippen LogP contribution in [0.25, 0.3) is 0 Å². The van der Waals surface area contributed by atoms with Crippen LogP contribution in [-0.4, -0.2) is 28.0 Å². The van der Waals surface area contributed by atoms with Crippen LogP contribution in [0.15, 0.2) is 30.6 Å². The Labute approximate surface area is 113 Å². The molecule has 0 atom stereocenters. The van der Waals surface area contributed by atoms with Gasteiger partial charge in [0, 0.05) is 43.2 Å². The standard InChI is InChI=1S/C14H19N5/c1-3-15-14-18-10-11(2)13(19-14)17-9-7-12-6-4-5-8-16-12/h4-6,8,10H,3,7,9H2,1-2H3,(H2,15,17,18,19). The fourth-order valence-electron chi connectivity index (χ4n) is 1.72. The number of hydrogen-bond acceptors (Lipinski definition) is 5. The molecule has 5 nitrogen and oxygen atoms in total. The molecule has 0 aliphatic heterocycles. The molecule has 0 saturated carbocycles. The number of rotatable bonds is 6. The highest BCUT2D eigenvalue weighted by Crippen LogP contribution is 2.12. The number of hydrogen-bond donors (Lipinski definition) is 2. The average Bonchev–Trinajstić information content (AvgIpc) is 2.44. The molecule has 0 amide bonds. The Hall–Kier alpha value is -2.17. The highest BCUT2D eigenvalue weighted by molar-refractivity contribution is 5.46. The lowest BCUT2D eigenvalue weighted by Crippen LogP contribution is -2.11. The van der Waals surface area contributed by atoms with Crippen LogP contribution in [0.1, 0.15) is 18.2 Å². The zero-order chi connectivity index (χ0) is 13.5. The summed E-state index contributed by atoms with van der Waals surface area (Å²) in [6, 6.07) is 5.95. The van der Waals surface area contributed by atoms with Crippen molar-refractivity contribution in [3.8, 4) is 0 Å². The summed E-state index contributed by atoms with van der Waals surface area (Å²) < 4.78 is 0. The second-order valence-electron chi connectivity index (χ2n) is 4.25. The van der Waals surface area contributed by atoms with Crippen molar-refractivity contribution in [3.05, 3.63) is 41.9 Å². The molecule has 100 valence electrons. The Morgan fingerprint density at radius 1 is 1.16 bits per heavy atom. The summed E-state index contributed by atoms with van der Waals surface area (Å²) in [7, 11) is 0. The number of nitrogens with one attached hydrogen (secondary N) is 2. The SMILES string of the molecule is CCNc1ncc(C)c(NCCc2ccccn2)n1. The number of aromatic nitrogens is 3. The third-order valence-corrected chi connectivity index (χ3v) is 2.71. The fraction of sp³-hybridized carbons (Fsp3) is 0.357. The number of nitrogens with zero attached hydrogens (tertiary/aromatic N) is 3. The lowest BCUT2D eigenvalue weighted by Gasteiger charge is -2.10. The van der Waals surface area contributed by atoms with E-state index in [1.54, 1.807) is 0 Å². The van der Waals surface area contributed by atoms with Crippen molar-refractivity contribution < 1.29 is 0 Å².